The highest BCUT2D eigenvalue weighted by Gasteiger charge is 2.73. The Kier molecular flexibility index (Phi) is 5.01. The summed E-state index contributed by atoms with van der Waals surface area (Å²) in [4.78, 5) is 20.9. The fraction of sp³-hybridized carbons (Fsp3) is 0.545. The van der Waals surface area contributed by atoms with E-state index >= 15 is 0 Å². The summed E-state index contributed by atoms with van der Waals surface area (Å²) in [7, 11) is 0. The van der Waals surface area contributed by atoms with Crippen molar-refractivity contribution in [3.05, 3.63) is 54.2 Å². The first-order chi connectivity index (χ1) is 20.6. The molecule has 7 nitrogen and oxygen atoms in total. The van der Waals surface area contributed by atoms with Crippen LogP contribution in [0.4, 0.5) is 18.9 Å². The van der Waals surface area contributed by atoms with Crippen molar-refractivity contribution in [1.82, 2.24) is 10.1 Å². The minimum absolute atomic E-state index is 0.00253. The Morgan fingerprint density at radius 1 is 0.884 bits per heavy atom. The Morgan fingerprint density at radius 3 is 2.28 bits per heavy atom. The monoisotopic (exact) mass is 591 g/mol. The van der Waals surface area contributed by atoms with Gasteiger partial charge in [-0.2, -0.15) is 4.98 Å². The van der Waals surface area contributed by atoms with Crippen LogP contribution >= 0.6 is 0 Å². The molecule has 0 saturated heterocycles. The molecule has 11 rings (SSSR count). The topological polar surface area (TPSA) is 77.7 Å². The molecule has 7 saturated carbocycles. The van der Waals surface area contributed by atoms with Crippen LogP contribution in [0.25, 0.3) is 11.1 Å². The van der Waals surface area contributed by atoms with Crippen molar-refractivity contribution < 1.29 is 32.0 Å². The summed E-state index contributed by atoms with van der Waals surface area (Å²) < 4.78 is 56.9. The average Bonchev–Trinajstić information content (AvgIpc) is 3.60. The van der Waals surface area contributed by atoms with E-state index < -0.39 is 17.4 Å². The number of amides is 1. The summed E-state index contributed by atoms with van der Waals surface area (Å²) in [6.45, 7) is 0.566. The van der Waals surface area contributed by atoms with E-state index in [0.29, 0.717) is 37.3 Å². The summed E-state index contributed by atoms with van der Waals surface area (Å²) >= 11 is 0. The first-order valence-electron chi connectivity index (χ1n) is 15.4. The van der Waals surface area contributed by atoms with Crippen molar-refractivity contribution in [3.8, 4) is 22.6 Å². The van der Waals surface area contributed by atoms with Crippen LogP contribution < -0.4 is 14.4 Å². The van der Waals surface area contributed by atoms with Gasteiger partial charge in [0.2, 0.25) is 11.8 Å². The third-order valence-corrected chi connectivity index (χ3v) is 11.3. The number of fused-ring (bicyclic) bond motifs is 4. The zero-order chi connectivity index (χ0) is 29.2. The summed E-state index contributed by atoms with van der Waals surface area (Å²) in [5, 5.41) is 4.28. The van der Waals surface area contributed by atoms with Gasteiger partial charge in [-0.3, -0.25) is 4.79 Å². The molecule has 1 amide bonds. The fourth-order valence-corrected chi connectivity index (χ4v) is 8.55. The lowest BCUT2D eigenvalue weighted by molar-refractivity contribution is -0.286. The fourth-order valence-electron chi connectivity index (χ4n) is 8.55. The van der Waals surface area contributed by atoms with Gasteiger partial charge in [0.05, 0.1) is 5.41 Å². The maximum atomic E-state index is 14.6. The van der Waals surface area contributed by atoms with Gasteiger partial charge in [0.1, 0.15) is 5.67 Å². The smallest absolute Gasteiger partial charge is 0.395 e. The molecule has 7 aliphatic carbocycles. The molecule has 0 radical (unpaired) electrons. The van der Waals surface area contributed by atoms with E-state index in [1.807, 2.05) is 29.2 Å². The molecular formula is C33H32F3N3O4. The van der Waals surface area contributed by atoms with Crippen LogP contribution in [0.1, 0.15) is 88.3 Å². The number of aromatic nitrogens is 2. The lowest BCUT2D eigenvalue weighted by Crippen LogP contribution is -2.71. The summed E-state index contributed by atoms with van der Waals surface area (Å²) in [5.41, 5.74) is 0.242. The Hall–Kier alpha value is -3.56. The molecule has 7 fully saturated rings. The van der Waals surface area contributed by atoms with Gasteiger partial charge >= 0.3 is 6.29 Å². The standard InChI is InChI=1S/C33H32F3N3O4/c34-32-16-31(17-32,18-32)28(40)39(23-3-1-2-21(14-23)22-6-7-24-25(15-22)42-33(35,36)41-24)19-29-8-11-30(12-9-29,13-10-29)27-37-26(38-43-27)20-4-5-20/h1-3,6-7,14-15,20H,4-5,8-13,16-19H2. The van der Waals surface area contributed by atoms with Crippen LogP contribution in [-0.2, 0) is 10.2 Å². The minimum Gasteiger partial charge on any atom is -0.395 e. The second-order valence-electron chi connectivity index (χ2n) is 14.2. The van der Waals surface area contributed by atoms with Crippen molar-refractivity contribution in [1.29, 1.82) is 0 Å². The number of carbonyl (C=O) groups excluding carboxylic acids is 1. The van der Waals surface area contributed by atoms with Crippen molar-refractivity contribution in [2.24, 2.45) is 10.8 Å². The zero-order valence-corrected chi connectivity index (χ0v) is 23.7. The van der Waals surface area contributed by atoms with Crippen LogP contribution in [0.15, 0.2) is 47.0 Å². The molecule has 3 aromatic rings. The number of hydrogen-bond donors (Lipinski definition) is 0. The van der Waals surface area contributed by atoms with Gasteiger partial charge < -0.3 is 18.9 Å². The molecule has 10 heteroatoms. The van der Waals surface area contributed by atoms with Crippen LogP contribution in [0.5, 0.6) is 11.5 Å². The third-order valence-electron chi connectivity index (χ3n) is 11.3. The lowest BCUT2D eigenvalue weighted by Gasteiger charge is -2.65. The van der Waals surface area contributed by atoms with E-state index in [2.05, 4.69) is 14.6 Å². The molecule has 8 aliphatic rings. The maximum absolute atomic E-state index is 14.6. The van der Waals surface area contributed by atoms with Crippen molar-refractivity contribution in [2.75, 3.05) is 11.4 Å². The van der Waals surface area contributed by atoms with Crippen LogP contribution in [0, 0.1) is 10.8 Å². The van der Waals surface area contributed by atoms with Crippen molar-refractivity contribution >= 4 is 11.6 Å². The molecule has 4 bridgehead atoms. The molecule has 0 unspecified atom stereocenters. The van der Waals surface area contributed by atoms with E-state index in [1.54, 1.807) is 6.07 Å². The molecule has 0 spiro atoms. The average molecular weight is 592 g/mol. The van der Waals surface area contributed by atoms with E-state index in [0.717, 1.165) is 74.3 Å². The number of halogens is 3. The Morgan fingerprint density at radius 2 is 1.58 bits per heavy atom. The lowest BCUT2D eigenvalue weighted by atomic mass is 9.41. The van der Waals surface area contributed by atoms with Gasteiger partial charge in [0, 0.05) is 23.6 Å². The molecule has 1 aromatic heterocycles. The van der Waals surface area contributed by atoms with Crippen LogP contribution in [-0.4, -0.2) is 34.6 Å². The van der Waals surface area contributed by atoms with Gasteiger partial charge in [0.15, 0.2) is 17.3 Å². The quantitative estimate of drug-likeness (QED) is 0.284. The van der Waals surface area contributed by atoms with Gasteiger partial charge in [-0.05, 0) is 111 Å². The predicted octanol–water partition coefficient (Wildman–Crippen LogP) is 7.45. The molecule has 43 heavy (non-hydrogen) atoms. The van der Waals surface area contributed by atoms with Crippen LogP contribution in [0.2, 0.25) is 0 Å². The van der Waals surface area contributed by atoms with Crippen molar-refractivity contribution in [3.63, 3.8) is 0 Å². The van der Waals surface area contributed by atoms with E-state index in [9.17, 15) is 18.0 Å². The molecule has 224 valence electrons. The first-order valence-corrected chi connectivity index (χ1v) is 15.4. The number of alkyl halides is 3. The number of ether oxygens (including phenoxy) is 2. The number of benzene rings is 2. The number of anilines is 1. The Balaban J connectivity index is 1.00. The summed E-state index contributed by atoms with van der Waals surface area (Å²) in [6, 6.07) is 12.3. The predicted molar refractivity (Wildman–Crippen MR) is 149 cm³/mol. The molecular weight excluding hydrogens is 559 g/mol. The van der Waals surface area contributed by atoms with Gasteiger partial charge in [-0.15, -0.1) is 8.78 Å². The highest BCUT2D eigenvalue weighted by atomic mass is 19.3. The minimum atomic E-state index is -3.69. The summed E-state index contributed by atoms with van der Waals surface area (Å²) in [5.74, 6) is 2.04. The van der Waals surface area contributed by atoms with E-state index in [4.69, 9.17) is 9.51 Å². The number of hydrogen-bond acceptors (Lipinski definition) is 6. The Bertz CT molecular complexity index is 1620. The Labute approximate surface area is 246 Å². The normalized spacial score (nSPS) is 34.4. The largest absolute Gasteiger partial charge is 0.586 e. The zero-order valence-electron chi connectivity index (χ0n) is 23.7. The molecule has 1 aliphatic heterocycles. The third kappa shape index (κ3) is 3.97. The first kappa shape index (κ1) is 25.9. The number of rotatable bonds is 7. The molecule has 0 N–H and O–H groups in total. The maximum Gasteiger partial charge on any atom is 0.586 e. The molecule has 0 atom stereocenters. The second kappa shape index (κ2) is 8.33. The van der Waals surface area contributed by atoms with E-state index in [1.165, 1.54) is 12.1 Å². The van der Waals surface area contributed by atoms with Crippen molar-refractivity contribution in [2.45, 2.75) is 93.9 Å². The summed E-state index contributed by atoms with van der Waals surface area (Å²) in [6.07, 6.45) is 5.15. The van der Waals surface area contributed by atoms with Gasteiger partial charge in [0.25, 0.3) is 0 Å². The van der Waals surface area contributed by atoms with Crippen LogP contribution in [0.3, 0.4) is 0 Å². The number of carbonyl (C=O) groups is 1. The highest BCUT2D eigenvalue weighted by molar-refractivity contribution is 6.00. The molecule has 2 heterocycles. The van der Waals surface area contributed by atoms with E-state index in [-0.39, 0.29) is 28.2 Å². The van der Waals surface area contributed by atoms with Gasteiger partial charge in [-0.25, -0.2) is 4.39 Å². The van der Waals surface area contributed by atoms with Gasteiger partial charge in [-0.1, -0.05) is 23.4 Å². The number of nitrogens with zero attached hydrogens (tertiary/aromatic N) is 3. The highest BCUT2D eigenvalue weighted by Crippen LogP contribution is 2.70. The SMILES string of the molecule is O=C(N(CC12CCC(c3nc(C4CC4)no3)(CC1)CC2)c1cccc(-c2ccc3c(c2)OC(F)(F)O3)c1)C12CC(F)(C1)C2. The second-order valence-corrected chi connectivity index (χ2v) is 14.2. The molecule has 2 aromatic carbocycles.